The summed E-state index contributed by atoms with van der Waals surface area (Å²) in [5.74, 6) is 0.561. The van der Waals surface area contributed by atoms with E-state index >= 15 is 0 Å². The predicted octanol–water partition coefficient (Wildman–Crippen LogP) is 3.71. The molecule has 1 saturated heterocycles. The summed E-state index contributed by atoms with van der Waals surface area (Å²) in [7, 11) is -3.40. The molecule has 2 aromatic rings. The lowest BCUT2D eigenvalue weighted by molar-refractivity contribution is -0.126. The second-order valence-electron chi connectivity index (χ2n) is 7.36. The molecule has 1 heterocycles. The molecule has 1 amide bonds. The standard InChI is InChI=1S/C22H27BrN2O4S/c1-2-29-21-8-4-5-17(14-21)15-24-22(26)19-9-11-25(12-10-19)30(27,28)16-18-6-3-7-20(23)13-18/h3-8,13-14,19H,2,9-12,15-16H2,1H3,(H,24,26). The molecule has 1 aliphatic heterocycles. The minimum atomic E-state index is -3.40. The van der Waals surface area contributed by atoms with Gasteiger partial charge < -0.3 is 10.1 Å². The number of piperidine rings is 1. The maximum Gasteiger partial charge on any atom is 0.223 e. The van der Waals surface area contributed by atoms with Crippen molar-refractivity contribution in [3.05, 3.63) is 64.1 Å². The van der Waals surface area contributed by atoms with E-state index in [2.05, 4.69) is 21.2 Å². The highest BCUT2D eigenvalue weighted by Crippen LogP contribution is 2.23. The molecule has 1 fully saturated rings. The number of sulfonamides is 1. The Bertz CT molecular complexity index is 973. The van der Waals surface area contributed by atoms with Crippen molar-refractivity contribution in [2.24, 2.45) is 5.92 Å². The van der Waals surface area contributed by atoms with Crippen molar-refractivity contribution in [2.75, 3.05) is 19.7 Å². The lowest BCUT2D eigenvalue weighted by atomic mass is 9.97. The minimum Gasteiger partial charge on any atom is -0.494 e. The number of hydrogen-bond donors (Lipinski definition) is 1. The van der Waals surface area contributed by atoms with E-state index in [1.165, 1.54) is 4.31 Å². The fourth-order valence-electron chi connectivity index (χ4n) is 3.57. The molecule has 1 aliphatic rings. The third-order valence-corrected chi connectivity index (χ3v) is 7.48. The molecule has 1 N–H and O–H groups in total. The van der Waals surface area contributed by atoms with E-state index in [9.17, 15) is 13.2 Å². The number of hydrogen-bond acceptors (Lipinski definition) is 4. The number of carbonyl (C=O) groups excluding carboxylic acids is 1. The van der Waals surface area contributed by atoms with Gasteiger partial charge in [-0.05, 0) is 55.2 Å². The first-order valence-electron chi connectivity index (χ1n) is 10.1. The average molecular weight is 495 g/mol. The van der Waals surface area contributed by atoms with Crippen molar-refractivity contribution in [1.29, 1.82) is 0 Å². The molecule has 0 aromatic heterocycles. The number of amides is 1. The van der Waals surface area contributed by atoms with Gasteiger partial charge in [0, 0.05) is 30.0 Å². The Morgan fingerprint density at radius 1 is 1.13 bits per heavy atom. The van der Waals surface area contributed by atoms with Crippen molar-refractivity contribution in [1.82, 2.24) is 9.62 Å². The van der Waals surface area contributed by atoms with Gasteiger partial charge in [0.2, 0.25) is 15.9 Å². The quantitative estimate of drug-likeness (QED) is 0.606. The molecule has 3 rings (SSSR count). The summed E-state index contributed by atoms with van der Waals surface area (Å²) in [5, 5.41) is 2.97. The van der Waals surface area contributed by atoms with Crippen molar-refractivity contribution in [2.45, 2.75) is 32.1 Å². The van der Waals surface area contributed by atoms with E-state index in [0.29, 0.717) is 39.1 Å². The van der Waals surface area contributed by atoms with Gasteiger partial charge in [-0.15, -0.1) is 0 Å². The van der Waals surface area contributed by atoms with Crippen LogP contribution in [0.4, 0.5) is 0 Å². The maximum absolute atomic E-state index is 12.7. The van der Waals surface area contributed by atoms with Gasteiger partial charge in [0.15, 0.2) is 0 Å². The summed E-state index contributed by atoms with van der Waals surface area (Å²) in [6.07, 6.45) is 1.06. The zero-order valence-electron chi connectivity index (χ0n) is 17.0. The smallest absolute Gasteiger partial charge is 0.223 e. The van der Waals surface area contributed by atoms with Gasteiger partial charge in [0.25, 0.3) is 0 Å². The summed E-state index contributed by atoms with van der Waals surface area (Å²) in [4.78, 5) is 12.6. The van der Waals surface area contributed by atoms with E-state index in [1.54, 1.807) is 0 Å². The number of rotatable bonds is 8. The van der Waals surface area contributed by atoms with Crippen molar-refractivity contribution in [3.8, 4) is 5.75 Å². The highest BCUT2D eigenvalue weighted by Gasteiger charge is 2.31. The van der Waals surface area contributed by atoms with Crippen molar-refractivity contribution in [3.63, 3.8) is 0 Å². The fraction of sp³-hybridized carbons (Fsp3) is 0.409. The van der Waals surface area contributed by atoms with Crippen LogP contribution >= 0.6 is 15.9 Å². The van der Waals surface area contributed by atoms with Crippen LogP contribution in [-0.4, -0.2) is 38.3 Å². The average Bonchev–Trinajstić information content (AvgIpc) is 2.72. The molecule has 0 radical (unpaired) electrons. The number of nitrogens with zero attached hydrogens (tertiary/aromatic N) is 1. The molecule has 2 aromatic carbocycles. The molecule has 0 atom stereocenters. The van der Waals surface area contributed by atoms with Crippen molar-refractivity contribution < 1.29 is 17.9 Å². The molecular formula is C22H27BrN2O4S. The highest BCUT2D eigenvalue weighted by molar-refractivity contribution is 9.10. The molecule has 0 unspecified atom stereocenters. The largest absolute Gasteiger partial charge is 0.494 e. The molecule has 6 nitrogen and oxygen atoms in total. The van der Waals surface area contributed by atoms with Crippen LogP contribution < -0.4 is 10.1 Å². The molecule has 0 spiro atoms. The van der Waals surface area contributed by atoms with Gasteiger partial charge in [0.05, 0.1) is 12.4 Å². The maximum atomic E-state index is 12.7. The summed E-state index contributed by atoms with van der Waals surface area (Å²) in [5.41, 5.74) is 1.72. The third kappa shape index (κ3) is 6.30. The van der Waals surface area contributed by atoms with Crippen LogP contribution in [0.2, 0.25) is 0 Å². The van der Waals surface area contributed by atoms with Gasteiger partial charge >= 0.3 is 0 Å². The number of nitrogens with one attached hydrogen (secondary N) is 1. The van der Waals surface area contributed by atoms with Crippen LogP contribution in [0.15, 0.2) is 53.0 Å². The number of carbonyl (C=O) groups is 1. The SMILES string of the molecule is CCOc1cccc(CNC(=O)C2CCN(S(=O)(=O)Cc3cccc(Br)c3)CC2)c1. The molecule has 0 saturated carbocycles. The molecule has 162 valence electrons. The Morgan fingerprint density at radius 2 is 1.83 bits per heavy atom. The summed E-state index contributed by atoms with van der Waals surface area (Å²) >= 11 is 3.37. The van der Waals surface area contributed by atoms with Crippen LogP contribution in [0.5, 0.6) is 5.75 Å². The molecular weight excluding hydrogens is 468 g/mol. The topological polar surface area (TPSA) is 75.7 Å². The van der Waals surface area contributed by atoms with Gasteiger partial charge in [-0.2, -0.15) is 0 Å². The zero-order valence-corrected chi connectivity index (χ0v) is 19.4. The van der Waals surface area contributed by atoms with E-state index in [-0.39, 0.29) is 17.6 Å². The van der Waals surface area contributed by atoms with Crippen LogP contribution in [0.25, 0.3) is 0 Å². The van der Waals surface area contributed by atoms with Gasteiger partial charge in [-0.1, -0.05) is 40.2 Å². The first-order chi connectivity index (χ1) is 14.4. The molecule has 0 bridgehead atoms. The number of halogens is 1. The predicted molar refractivity (Wildman–Crippen MR) is 121 cm³/mol. The Labute approximate surface area is 186 Å². The second-order valence-corrected chi connectivity index (χ2v) is 10.2. The lowest BCUT2D eigenvalue weighted by Crippen LogP contribution is -2.43. The number of ether oxygens (including phenoxy) is 1. The third-order valence-electron chi connectivity index (χ3n) is 5.13. The fourth-order valence-corrected chi connectivity index (χ4v) is 5.57. The summed E-state index contributed by atoms with van der Waals surface area (Å²) in [6, 6.07) is 15.0. The molecule has 0 aliphatic carbocycles. The van der Waals surface area contributed by atoms with Crippen LogP contribution in [0, 0.1) is 5.92 Å². The molecule has 8 heteroatoms. The normalized spacial score (nSPS) is 15.7. The Hall–Kier alpha value is -1.90. The Morgan fingerprint density at radius 3 is 2.53 bits per heavy atom. The first-order valence-corrected chi connectivity index (χ1v) is 12.5. The van der Waals surface area contributed by atoms with E-state index in [0.717, 1.165) is 21.3 Å². The lowest BCUT2D eigenvalue weighted by Gasteiger charge is -2.30. The molecule has 30 heavy (non-hydrogen) atoms. The zero-order chi connectivity index (χ0) is 21.6. The summed E-state index contributed by atoms with van der Waals surface area (Å²) in [6.45, 7) is 3.70. The number of benzene rings is 2. The Kier molecular flexibility index (Phi) is 7.91. The van der Waals surface area contributed by atoms with E-state index in [1.807, 2.05) is 55.5 Å². The minimum absolute atomic E-state index is 0.0270. The van der Waals surface area contributed by atoms with Gasteiger partial charge in [-0.3, -0.25) is 4.79 Å². The second kappa shape index (κ2) is 10.4. The first kappa shape index (κ1) is 22.8. The van der Waals surface area contributed by atoms with Crippen molar-refractivity contribution >= 4 is 31.9 Å². The monoisotopic (exact) mass is 494 g/mol. The Balaban J connectivity index is 1.49. The van der Waals surface area contributed by atoms with Crippen LogP contribution in [0.3, 0.4) is 0 Å². The van der Waals surface area contributed by atoms with Crippen LogP contribution in [0.1, 0.15) is 30.9 Å². The van der Waals surface area contributed by atoms with E-state index in [4.69, 9.17) is 4.74 Å². The van der Waals surface area contributed by atoms with Crippen LogP contribution in [-0.2, 0) is 27.1 Å². The summed E-state index contributed by atoms with van der Waals surface area (Å²) < 4.78 is 33.3. The van der Waals surface area contributed by atoms with Gasteiger partial charge in [0.1, 0.15) is 5.75 Å². The van der Waals surface area contributed by atoms with E-state index < -0.39 is 10.0 Å². The highest BCUT2D eigenvalue weighted by atomic mass is 79.9. The van der Waals surface area contributed by atoms with Gasteiger partial charge in [-0.25, -0.2) is 12.7 Å².